The highest BCUT2D eigenvalue weighted by Crippen LogP contribution is 2.41. The number of aryl methyl sites for hydroxylation is 1. The van der Waals surface area contributed by atoms with Crippen molar-refractivity contribution in [1.82, 2.24) is 19.5 Å². The summed E-state index contributed by atoms with van der Waals surface area (Å²) in [5.74, 6) is 0.739. The van der Waals surface area contributed by atoms with Gasteiger partial charge in [0.25, 0.3) is 0 Å². The van der Waals surface area contributed by atoms with Crippen molar-refractivity contribution < 1.29 is 8.60 Å². The molecule has 0 amide bonds. The molecule has 154 valence electrons. The topological polar surface area (TPSA) is 60.7 Å². The molecular formula is C23H23FN4OS. The number of allylic oxidation sites excluding steroid dienone is 2. The van der Waals surface area contributed by atoms with E-state index < -0.39 is 10.8 Å². The van der Waals surface area contributed by atoms with E-state index in [9.17, 15) is 8.60 Å². The minimum Gasteiger partial charge on any atom is -0.319 e. The van der Waals surface area contributed by atoms with Crippen molar-refractivity contribution >= 4 is 10.8 Å². The minimum absolute atomic E-state index is 0.232. The van der Waals surface area contributed by atoms with Gasteiger partial charge in [0.1, 0.15) is 11.6 Å². The molecule has 2 aromatic heterocycles. The Morgan fingerprint density at radius 3 is 2.60 bits per heavy atom. The summed E-state index contributed by atoms with van der Waals surface area (Å²) in [4.78, 5) is 13.7. The van der Waals surface area contributed by atoms with Gasteiger partial charge in [-0.15, -0.1) is 0 Å². The predicted molar refractivity (Wildman–Crippen MR) is 115 cm³/mol. The minimum atomic E-state index is -1.28. The Morgan fingerprint density at radius 2 is 1.87 bits per heavy atom. The number of nitrogens with zero attached hydrogens (tertiary/aromatic N) is 4. The van der Waals surface area contributed by atoms with Gasteiger partial charge >= 0.3 is 0 Å². The number of halogens is 1. The average Bonchev–Trinajstić information content (AvgIpc) is 3.47. The van der Waals surface area contributed by atoms with Crippen LogP contribution in [0.1, 0.15) is 44.0 Å². The lowest BCUT2D eigenvalue weighted by atomic mass is 10.1. The normalized spacial score (nSPS) is 19.1. The van der Waals surface area contributed by atoms with E-state index in [2.05, 4.69) is 20.6 Å². The first kappa shape index (κ1) is 19.3. The van der Waals surface area contributed by atoms with Gasteiger partial charge < -0.3 is 4.57 Å². The quantitative estimate of drug-likeness (QED) is 0.444. The van der Waals surface area contributed by atoms with E-state index in [1.807, 2.05) is 6.07 Å². The molecule has 1 fully saturated rings. The zero-order valence-corrected chi connectivity index (χ0v) is 17.7. The third-order valence-corrected chi connectivity index (χ3v) is 6.62. The second-order valence-electron chi connectivity index (χ2n) is 7.92. The number of imidazole rings is 1. The molecule has 1 saturated carbocycles. The van der Waals surface area contributed by atoms with E-state index in [0.717, 1.165) is 35.6 Å². The number of aromatic nitrogens is 4. The molecule has 2 aliphatic rings. The molecule has 7 heteroatoms. The SMILES string of the molecule is CS(=O)c1nccc(-c2c(-c3ccc(F)cc3)nc3n2[C@H](C=C2CCCC2)CC3)n1. The molecule has 1 unspecified atom stereocenters. The highest BCUT2D eigenvalue weighted by atomic mass is 32.2. The first-order valence-corrected chi connectivity index (χ1v) is 11.9. The Labute approximate surface area is 177 Å². The molecule has 0 radical (unpaired) electrons. The molecule has 0 N–H and O–H groups in total. The first-order valence-electron chi connectivity index (χ1n) is 10.3. The molecule has 3 aromatic rings. The van der Waals surface area contributed by atoms with Gasteiger partial charge in [-0.3, -0.25) is 4.21 Å². The van der Waals surface area contributed by atoms with Crippen LogP contribution in [0.25, 0.3) is 22.6 Å². The van der Waals surface area contributed by atoms with Crippen LogP contribution in [0.2, 0.25) is 0 Å². The summed E-state index contributed by atoms with van der Waals surface area (Å²) >= 11 is 0. The Morgan fingerprint density at radius 1 is 1.10 bits per heavy atom. The summed E-state index contributed by atoms with van der Waals surface area (Å²) in [6.45, 7) is 0. The second kappa shape index (κ2) is 7.87. The summed E-state index contributed by atoms with van der Waals surface area (Å²) in [7, 11) is -1.28. The van der Waals surface area contributed by atoms with Crippen molar-refractivity contribution in [3.63, 3.8) is 0 Å². The van der Waals surface area contributed by atoms with Crippen molar-refractivity contribution in [1.29, 1.82) is 0 Å². The predicted octanol–water partition coefficient (Wildman–Crippen LogP) is 4.87. The van der Waals surface area contributed by atoms with E-state index in [4.69, 9.17) is 4.98 Å². The summed E-state index contributed by atoms with van der Waals surface area (Å²) in [6, 6.07) is 8.48. The highest BCUT2D eigenvalue weighted by Gasteiger charge is 2.30. The molecule has 5 rings (SSSR count). The molecule has 0 bridgehead atoms. The van der Waals surface area contributed by atoms with Crippen LogP contribution in [0.5, 0.6) is 0 Å². The zero-order valence-electron chi connectivity index (χ0n) is 16.8. The van der Waals surface area contributed by atoms with Gasteiger partial charge in [-0.1, -0.05) is 11.6 Å². The van der Waals surface area contributed by atoms with Gasteiger partial charge in [-0.2, -0.15) is 0 Å². The van der Waals surface area contributed by atoms with Gasteiger partial charge in [0, 0.05) is 24.4 Å². The molecule has 1 aliphatic heterocycles. The molecule has 3 heterocycles. The van der Waals surface area contributed by atoms with Gasteiger partial charge in [0.2, 0.25) is 5.16 Å². The van der Waals surface area contributed by atoms with Crippen LogP contribution >= 0.6 is 0 Å². The number of hydrogen-bond acceptors (Lipinski definition) is 4. The standard InChI is InChI=1S/C23H23FN4OS/c1-30(29)23-25-13-12-19(26-23)22-21(16-6-8-17(24)9-7-16)27-20-11-10-18(28(20)22)14-15-4-2-3-5-15/h6-9,12-14,18H,2-5,10-11H2,1H3/t18-,30?/m0/s1. The molecule has 0 saturated heterocycles. The number of fused-ring (bicyclic) bond motifs is 1. The van der Waals surface area contributed by atoms with Crippen molar-refractivity contribution in [2.24, 2.45) is 0 Å². The second-order valence-corrected chi connectivity index (χ2v) is 9.19. The van der Waals surface area contributed by atoms with Crippen LogP contribution in [-0.4, -0.2) is 30.0 Å². The molecule has 2 atom stereocenters. The number of rotatable bonds is 4. The van der Waals surface area contributed by atoms with E-state index >= 15 is 0 Å². The Bertz CT molecular complexity index is 1140. The summed E-state index contributed by atoms with van der Waals surface area (Å²) in [6.07, 6.45) is 12.4. The fourth-order valence-corrected chi connectivity index (χ4v) is 4.95. The van der Waals surface area contributed by atoms with Crippen LogP contribution in [0.3, 0.4) is 0 Å². The maximum absolute atomic E-state index is 13.5. The molecule has 5 nitrogen and oxygen atoms in total. The van der Waals surface area contributed by atoms with Gasteiger partial charge in [-0.25, -0.2) is 19.3 Å². The van der Waals surface area contributed by atoms with E-state index in [-0.39, 0.29) is 11.9 Å². The summed E-state index contributed by atoms with van der Waals surface area (Å²) in [5, 5.41) is 0.303. The third-order valence-electron chi connectivity index (χ3n) is 5.90. The van der Waals surface area contributed by atoms with Crippen LogP contribution in [0.4, 0.5) is 4.39 Å². The smallest absolute Gasteiger partial charge is 0.218 e. The van der Waals surface area contributed by atoms with Crippen LogP contribution in [0.15, 0.2) is 53.3 Å². The molecule has 0 spiro atoms. The van der Waals surface area contributed by atoms with Gasteiger partial charge in [0.15, 0.2) is 0 Å². The first-order chi connectivity index (χ1) is 14.6. The number of benzene rings is 1. The Kier molecular flexibility index (Phi) is 5.06. The Hall–Kier alpha value is -2.67. The van der Waals surface area contributed by atoms with E-state index in [1.54, 1.807) is 24.6 Å². The highest BCUT2D eigenvalue weighted by molar-refractivity contribution is 7.84. The summed E-state index contributed by atoms with van der Waals surface area (Å²) in [5.41, 5.74) is 4.74. The van der Waals surface area contributed by atoms with Crippen molar-refractivity contribution in [2.75, 3.05) is 6.26 Å². The maximum atomic E-state index is 13.5. The van der Waals surface area contributed by atoms with Crippen LogP contribution in [-0.2, 0) is 17.2 Å². The lowest BCUT2D eigenvalue weighted by Gasteiger charge is -2.15. The molecular weight excluding hydrogens is 399 g/mol. The number of hydrogen-bond donors (Lipinski definition) is 0. The molecule has 1 aromatic carbocycles. The Balaban J connectivity index is 1.70. The van der Waals surface area contributed by atoms with Crippen molar-refractivity contribution in [3.8, 4) is 22.6 Å². The zero-order chi connectivity index (χ0) is 20.7. The lowest BCUT2D eigenvalue weighted by Crippen LogP contribution is -2.06. The third kappa shape index (κ3) is 3.51. The van der Waals surface area contributed by atoms with Crippen LogP contribution < -0.4 is 0 Å². The molecule has 1 aliphatic carbocycles. The fourth-order valence-electron chi connectivity index (χ4n) is 4.51. The van der Waals surface area contributed by atoms with E-state index in [0.29, 0.717) is 10.9 Å². The maximum Gasteiger partial charge on any atom is 0.218 e. The molecule has 30 heavy (non-hydrogen) atoms. The van der Waals surface area contributed by atoms with Crippen molar-refractivity contribution in [2.45, 2.75) is 49.7 Å². The van der Waals surface area contributed by atoms with Gasteiger partial charge in [0.05, 0.1) is 33.9 Å². The monoisotopic (exact) mass is 422 g/mol. The van der Waals surface area contributed by atoms with Crippen molar-refractivity contribution in [3.05, 3.63) is 59.8 Å². The summed E-state index contributed by atoms with van der Waals surface area (Å²) < 4.78 is 27.8. The van der Waals surface area contributed by atoms with E-state index in [1.165, 1.54) is 43.4 Å². The van der Waals surface area contributed by atoms with Gasteiger partial charge in [-0.05, 0) is 62.4 Å². The van der Waals surface area contributed by atoms with Crippen LogP contribution in [0, 0.1) is 5.82 Å². The fraction of sp³-hybridized carbons (Fsp3) is 0.348. The lowest BCUT2D eigenvalue weighted by molar-refractivity contribution is 0.628. The average molecular weight is 423 g/mol. The largest absolute Gasteiger partial charge is 0.319 e.